The second-order valence-electron chi connectivity index (χ2n) is 8.89. The molecule has 2 aliphatic heterocycles. The molecule has 0 fully saturated rings. The van der Waals surface area contributed by atoms with Crippen LogP contribution in [0, 0.1) is 0 Å². The van der Waals surface area contributed by atoms with Crippen molar-refractivity contribution in [3.63, 3.8) is 0 Å². The summed E-state index contributed by atoms with van der Waals surface area (Å²) in [6.45, 7) is 16.0. The van der Waals surface area contributed by atoms with Crippen LogP contribution in [-0.4, -0.2) is 19.9 Å². The van der Waals surface area contributed by atoms with Gasteiger partial charge in [-0.1, -0.05) is 24.3 Å². The number of rotatable bonds is 8. The fourth-order valence-corrected chi connectivity index (χ4v) is 4.88. The van der Waals surface area contributed by atoms with Crippen molar-refractivity contribution in [1.29, 1.82) is 0 Å². The molecule has 5 rings (SSSR count). The number of hydrogen-bond acceptors (Lipinski definition) is 2. The lowest BCUT2D eigenvalue weighted by molar-refractivity contribution is 1.16. The van der Waals surface area contributed by atoms with Crippen molar-refractivity contribution in [2.75, 3.05) is 0 Å². The van der Waals surface area contributed by atoms with Gasteiger partial charge in [0.25, 0.3) is 0 Å². The number of aromatic amines is 2. The predicted molar refractivity (Wildman–Crippen MR) is 154 cm³/mol. The molecule has 0 aliphatic carbocycles. The second kappa shape index (κ2) is 10.0. The summed E-state index contributed by atoms with van der Waals surface area (Å²) in [5.74, 6) is 0. The van der Waals surface area contributed by atoms with Gasteiger partial charge in [0.1, 0.15) is 0 Å². The van der Waals surface area contributed by atoms with Gasteiger partial charge in [-0.05, 0) is 74.3 Å². The third kappa shape index (κ3) is 4.22. The number of nitrogens with one attached hydrogen (secondary N) is 2. The lowest BCUT2D eigenvalue weighted by atomic mass is 10.1. The summed E-state index contributed by atoms with van der Waals surface area (Å²) in [5.41, 5.74) is 12.3. The predicted octanol–water partition coefficient (Wildman–Crippen LogP) is 7.57. The minimum absolute atomic E-state index is 0.704. The van der Waals surface area contributed by atoms with Crippen LogP contribution in [-0.2, 0) is 25.7 Å². The summed E-state index contributed by atoms with van der Waals surface area (Å²) in [6, 6.07) is 8.48. The number of hydrogen-bond donors (Lipinski definition) is 2. The zero-order valence-electron chi connectivity index (χ0n) is 20.5. The Balaban J connectivity index is 1.98. The van der Waals surface area contributed by atoms with E-state index in [1.165, 1.54) is 0 Å². The Hall–Kier alpha value is -4.44. The van der Waals surface area contributed by atoms with E-state index in [0.717, 1.165) is 67.1 Å². The average Bonchev–Trinajstić information content (AvgIpc) is 3.69. The van der Waals surface area contributed by atoms with Gasteiger partial charge in [-0.2, -0.15) is 0 Å². The van der Waals surface area contributed by atoms with E-state index in [4.69, 9.17) is 9.97 Å². The molecule has 0 saturated carbocycles. The van der Waals surface area contributed by atoms with Gasteiger partial charge in [-0.25, -0.2) is 9.97 Å². The zero-order valence-corrected chi connectivity index (χ0v) is 20.5. The summed E-state index contributed by atoms with van der Waals surface area (Å²) in [4.78, 5) is 17.4. The molecular formula is C32H30N4. The minimum atomic E-state index is 0.704. The number of allylic oxidation sites excluding steroid dienone is 4. The molecule has 4 heteroatoms. The van der Waals surface area contributed by atoms with E-state index in [1.54, 1.807) is 0 Å². The van der Waals surface area contributed by atoms with E-state index >= 15 is 0 Å². The monoisotopic (exact) mass is 470 g/mol. The van der Waals surface area contributed by atoms with Crippen molar-refractivity contribution >= 4 is 46.4 Å². The molecule has 4 nitrogen and oxygen atoms in total. The number of H-pyrrole nitrogens is 2. The fraction of sp³-hybridized carbons (Fsp3) is 0.125. The van der Waals surface area contributed by atoms with Gasteiger partial charge in [0.2, 0.25) is 0 Å². The Bertz CT molecular complexity index is 1370. The van der Waals surface area contributed by atoms with Crippen molar-refractivity contribution in [2.45, 2.75) is 25.7 Å². The second-order valence-corrected chi connectivity index (χ2v) is 8.89. The summed E-state index contributed by atoms with van der Waals surface area (Å²) in [5, 5.41) is 0. The molecule has 0 radical (unpaired) electrons. The fourth-order valence-electron chi connectivity index (χ4n) is 4.88. The van der Waals surface area contributed by atoms with Crippen LogP contribution >= 0.6 is 0 Å². The Labute approximate surface area is 211 Å². The average molecular weight is 471 g/mol. The molecule has 0 aromatic carbocycles. The molecule has 5 heterocycles. The standard InChI is InChI=1S/C32H30N4/c1-5-9-21-25-13-15-27(33-25)22(10-6-2)29-17-19-31(35-29)24(12-8-4)32-20-18-30(36-32)23(11-7-3)28-16-14-26(21)34-28/h5-8,13-20,33,36H,1-4,9-12H2. The van der Waals surface area contributed by atoms with Gasteiger partial charge >= 0.3 is 0 Å². The molecule has 0 amide bonds. The molecule has 2 aliphatic rings. The summed E-state index contributed by atoms with van der Waals surface area (Å²) in [7, 11) is 0. The van der Waals surface area contributed by atoms with E-state index in [9.17, 15) is 0 Å². The van der Waals surface area contributed by atoms with Crippen LogP contribution < -0.4 is 0 Å². The maximum atomic E-state index is 5.06. The highest BCUT2D eigenvalue weighted by molar-refractivity contribution is 5.83. The van der Waals surface area contributed by atoms with E-state index in [0.29, 0.717) is 25.7 Å². The minimum Gasteiger partial charge on any atom is -0.355 e. The molecule has 0 unspecified atom stereocenters. The molecular weight excluding hydrogens is 440 g/mol. The van der Waals surface area contributed by atoms with E-state index in [-0.39, 0.29) is 0 Å². The van der Waals surface area contributed by atoms with Gasteiger partial charge in [0.05, 0.1) is 22.8 Å². The van der Waals surface area contributed by atoms with E-state index < -0.39 is 0 Å². The lowest BCUT2D eigenvalue weighted by Crippen LogP contribution is -1.93. The number of fused-ring (bicyclic) bond motifs is 8. The first-order chi connectivity index (χ1) is 17.7. The Morgan fingerprint density at radius 1 is 0.472 bits per heavy atom. The van der Waals surface area contributed by atoms with Crippen molar-refractivity contribution in [1.82, 2.24) is 19.9 Å². The number of aromatic nitrogens is 4. The molecule has 36 heavy (non-hydrogen) atoms. The van der Waals surface area contributed by atoms with Crippen LogP contribution in [0.25, 0.3) is 46.4 Å². The van der Waals surface area contributed by atoms with Crippen LogP contribution in [0.2, 0.25) is 0 Å². The number of nitrogens with zero attached hydrogens (tertiary/aromatic N) is 2. The lowest BCUT2D eigenvalue weighted by Gasteiger charge is -2.02. The van der Waals surface area contributed by atoms with Crippen molar-refractivity contribution in [3.05, 3.63) is 120 Å². The molecule has 0 saturated heterocycles. The summed E-state index contributed by atoms with van der Waals surface area (Å²) < 4.78 is 0. The highest BCUT2D eigenvalue weighted by atomic mass is 14.8. The van der Waals surface area contributed by atoms with Crippen LogP contribution in [0.15, 0.2) is 74.9 Å². The molecule has 3 aromatic heterocycles. The van der Waals surface area contributed by atoms with Crippen molar-refractivity contribution < 1.29 is 0 Å². The third-order valence-electron chi connectivity index (χ3n) is 6.58. The third-order valence-corrected chi connectivity index (χ3v) is 6.58. The van der Waals surface area contributed by atoms with E-state index in [2.05, 4.69) is 84.9 Å². The normalized spacial score (nSPS) is 12.0. The van der Waals surface area contributed by atoms with Crippen LogP contribution in [0.1, 0.15) is 45.0 Å². The summed E-state index contributed by atoms with van der Waals surface area (Å²) in [6.07, 6.45) is 18.9. The maximum absolute atomic E-state index is 5.06. The first-order valence-corrected chi connectivity index (χ1v) is 12.2. The molecule has 3 aromatic rings. The Kier molecular flexibility index (Phi) is 6.50. The summed E-state index contributed by atoms with van der Waals surface area (Å²) >= 11 is 0. The smallest absolute Gasteiger partial charge is 0.0693 e. The highest BCUT2D eigenvalue weighted by Gasteiger charge is 2.14. The molecule has 178 valence electrons. The van der Waals surface area contributed by atoms with E-state index in [1.807, 2.05) is 24.3 Å². The molecule has 0 spiro atoms. The largest absolute Gasteiger partial charge is 0.355 e. The van der Waals surface area contributed by atoms with Crippen LogP contribution in [0.5, 0.6) is 0 Å². The van der Waals surface area contributed by atoms with Gasteiger partial charge in [-0.3, -0.25) is 0 Å². The first kappa shape index (κ1) is 23.3. The topological polar surface area (TPSA) is 57.4 Å². The van der Waals surface area contributed by atoms with Gasteiger partial charge in [0.15, 0.2) is 0 Å². The quantitative estimate of drug-likeness (QED) is 0.230. The van der Waals surface area contributed by atoms with Gasteiger partial charge < -0.3 is 9.97 Å². The van der Waals surface area contributed by atoms with Crippen LogP contribution in [0.3, 0.4) is 0 Å². The van der Waals surface area contributed by atoms with Crippen LogP contribution in [0.4, 0.5) is 0 Å². The van der Waals surface area contributed by atoms with Crippen molar-refractivity contribution in [2.24, 2.45) is 0 Å². The zero-order chi connectivity index (χ0) is 25.1. The first-order valence-electron chi connectivity index (χ1n) is 12.2. The molecule has 2 N–H and O–H groups in total. The Morgan fingerprint density at radius 3 is 0.944 bits per heavy atom. The Morgan fingerprint density at radius 2 is 0.722 bits per heavy atom. The van der Waals surface area contributed by atoms with Gasteiger partial charge in [-0.15, -0.1) is 26.3 Å². The maximum Gasteiger partial charge on any atom is 0.0693 e. The van der Waals surface area contributed by atoms with Gasteiger partial charge in [0, 0.05) is 44.3 Å². The highest BCUT2D eigenvalue weighted by Crippen LogP contribution is 2.28. The molecule has 0 atom stereocenters. The van der Waals surface area contributed by atoms with Crippen molar-refractivity contribution in [3.8, 4) is 0 Å². The SMILES string of the molecule is C=CCc1c2nc(c(CC=C)c3ccc([nH]3)c(CC=C)c3nc(c(CC=C)c4ccc1[nH]4)C=C3)C=C2. The molecule has 8 bridgehead atoms.